The lowest BCUT2D eigenvalue weighted by Crippen LogP contribution is -2.44. The lowest BCUT2D eigenvalue weighted by molar-refractivity contribution is -0.150. The molecule has 1 saturated carbocycles. The molecule has 4 amide bonds. The van der Waals surface area contributed by atoms with Gasteiger partial charge in [0.15, 0.2) is 6.61 Å². The van der Waals surface area contributed by atoms with Gasteiger partial charge in [0.05, 0.1) is 10.2 Å². The van der Waals surface area contributed by atoms with Crippen LogP contribution < -0.4 is 10.6 Å². The van der Waals surface area contributed by atoms with Crippen LogP contribution in [0.2, 0.25) is 0 Å². The van der Waals surface area contributed by atoms with E-state index in [1.165, 1.54) is 5.56 Å². The summed E-state index contributed by atoms with van der Waals surface area (Å²) in [6, 6.07) is 12.8. The van der Waals surface area contributed by atoms with Crippen molar-refractivity contribution in [2.45, 2.75) is 38.1 Å². The fourth-order valence-corrected chi connectivity index (χ4v) is 5.58. The summed E-state index contributed by atoms with van der Waals surface area (Å²) in [4.78, 5) is 54.7. The zero-order valence-electron chi connectivity index (χ0n) is 19.1. The van der Waals surface area contributed by atoms with Gasteiger partial charge in [0.25, 0.3) is 11.8 Å². The molecule has 2 aromatic carbocycles. The number of esters is 1. The van der Waals surface area contributed by atoms with Gasteiger partial charge in [-0.05, 0) is 61.7 Å². The van der Waals surface area contributed by atoms with Gasteiger partial charge in [0, 0.05) is 11.3 Å². The average Bonchev–Trinajstić information content (AvgIpc) is 3.53. The fraction of sp³-hybridized carbons (Fsp3) is 0.320. The lowest BCUT2D eigenvalue weighted by Gasteiger charge is -2.19. The van der Waals surface area contributed by atoms with Gasteiger partial charge in [0.2, 0.25) is 0 Å². The number of carbonyl (C=O) groups is 4. The number of carbonyl (C=O) groups excluding carboxylic acids is 4. The van der Waals surface area contributed by atoms with Gasteiger partial charge < -0.3 is 15.4 Å². The van der Waals surface area contributed by atoms with Crippen LogP contribution in [-0.4, -0.2) is 52.4 Å². The SMILES string of the molecule is Cc1ccc2nc(-c3ccc(NC(=O)COC(=O)CN4C(=O)NC5(CCCC5)C4=O)cc3)sc2c1. The number of amides is 4. The molecule has 3 aromatic rings. The number of urea groups is 1. The van der Waals surface area contributed by atoms with Crippen molar-refractivity contribution in [3.05, 3.63) is 48.0 Å². The van der Waals surface area contributed by atoms with Crippen LogP contribution in [0.4, 0.5) is 10.5 Å². The van der Waals surface area contributed by atoms with Crippen LogP contribution in [0, 0.1) is 6.92 Å². The van der Waals surface area contributed by atoms with Gasteiger partial charge in [-0.15, -0.1) is 11.3 Å². The molecular weight excluding hydrogens is 468 g/mol. The van der Waals surface area contributed by atoms with Gasteiger partial charge in [-0.25, -0.2) is 9.78 Å². The van der Waals surface area contributed by atoms with Crippen molar-refractivity contribution in [1.29, 1.82) is 0 Å². The van der Waals surface area contributed by atoms with E-state index in [1.54, 1.807) is 23.5 Å². The third-order valence-electron chi connectivity index (χ3n) is 6.31. The van der Waals surface area contributed by atoms with Crippen molar-refractivity contribution in [2.75, 3.05) is 18.5 Å². The van der Waals surface area contributed by atoms with E-state index in [-0.39, 0.29) is 0 Å². The minimum atomic E-state index is -0.884. The fourth-order valence-electron chi connectivity index (χ4n) is 4.51. The predicted octanol–water partition coefficient (Wildman–Crippen LogP) is 3.62. The maximum Gasteiger partial charge on any atom is 0.326 e. The summed E-state index contributed by atoms with van der Waals surface area (Å²) in [5, 5.41) is 6.26. The number of anilines is 1. The van der Waals surface area contributed by atoms with Crippen LogP contribution in [-0.2, 0) is 19.1 Å². The van der Waals surface area contributed by atoms with E-state index in [1.807, 2.05) is 31.2 Å². The molecule has 1 aliphatic carbocycles. The summed E-state index contributed by atoms with van der Waals surface area (Å²) in [6.07, 6.45) is 2.85. The highest BCUT2D eigenvalue weighted by Gasteiger charge is 2.52. The topological polar surface area (TPSA) is 118 Å². The van der Waals surface area contributed by atoms with Crippen LogP contribution in [0.5, 0.6) is 0 Å². The maximum atomic E-state index is 12.6. The van der Waals surface area contributed by atoms with E-state index < -0.39 is 42.5 Å². The summed E-state index contributed by atoms with van der Waals surface area (Å²) in [6.45, 7) is 1.00. The van der Waals surface area contributed by atoms with E-state index in [9.17, 15) is 19.2 Å². The van der Waals surface area contributed by atoms with E-state index in [2.05, 4.69) is 21.7 Å². The van der Waals surface area contributed by atoms with E-state index in [4.69, 9.17) is 4.74 Å². The quantitative estimate of drug-likeness (QED) is 0.401. The van der Waals surface area contributed by atoms with Crippen LogP contribution in [0.3, 0.4) is 0 Å². The Hall–Kier alpha value is -3.79. The molecule has 1 aliphatic heterocycles. The number of aryl methyl sites for hydroxylation is 1. The Morgan fingerprint density at radius 1 is 1.14 bits per heavy atom. The number of ether oxygens (including phenoxy) is 1. The normalized spacial score (nSPS) is 16.7. The Kier molecular flexibility index (Phi) is 5.98. The highest BCUT2D eigenvalue weighted by atomic mass is 32.1. The Morgan fingerprint density at radius 2 is 1.89 bits per heavy atom. The molecule has 0 bridgehead atoms. The number of hydrogen-bond donors (Lipinski definition) is 2. The zero-order valence-corrected chi connectivity index (χ0v) is 19.9. The highest BCUT2D eigenvalue weighted by molar-refractivity contribution is 7.21. The summed E-state index contributed by atoms with van der Waals surface area (Å²) < 4.78 is 6.11. The molecule has 2 N–H and O–H groups in total. The average molecular weight is 493 g/mol. The molecule has 1 spiro atoms. The molecule has 0 radical (unpaired) electrons. The Bertz CT molecular complexity index is 1330. The third-order valence-corrected chi connectivity index (χ3v) is 7.38. The minimum absolute atomic E-state index is 0.398. The molecule has 0 unspecified atom stereocenters. The number of nitrogens with zero attached hydrogens (tertiary/aromatic N) is 2. The molecule has 2 fully saturated rings. The second-order valence-corrected chi connectivity index (χ2v) is 9.92. The molecule has 2 heterocycles. The Morgan fingerprint density at radius 3 is 2.63 bits per heavy atom. The van der Waals surface area contributed by atoms with Crippen LogP contribution >= 0.6 is 11.3 Å². The highest BCUT2D eigenvalue weighted by Crippen LogP contribution is 2.35. The van der Waals surface area contributed by atoms with Gasteiger partial charge in [-0.3, -0.25) is 19.3 Å². The first-order valence-corrected chi connectivity index (χ1v) is 12.2. The number of fused-ring (bicyclic) bond motifs is 1. The van der Waals surface area contributed by atoms with E-state index in [0.717, 1.165) is 38.5 Å². The van der Waals surface area contributed by atoms with Crippen molar-refractivity contribution in [2.24, 2.45) is 0 Å². The third kappa shape index (κ3) is 4.61. The molecular formula is C25H24N4O5S. The lowest BCUT2D eigenvalue weighted by atomic mass is 9.98. The van der Waals surface area contributed by atoms with Gasteiger partial charge >= 0.3 is 12.0 Å². The number of aromatic nitrogens is 1. The van der Waals surface area contributed by atoms with Crippen molar-refractivity contribution in [1.82, 2.24) is 15.2 Å². The molecule has 9 nitrogen and oxygen atoms in total. The predicted molar refractivity (Wildman–Crippen MR) is 131 cm³/mol. The smallest absolute Gasteiger partial charge is 0.326 e. The van der Waals surface area contributed by atoms with E-state index in [0.29, 0.717) is 18.5 Å². The minimum Gasteiger partial charge on any atom is -0.454 e. The summed E-state index contributed by atoms with van der Waals surface area (Å²) in [7, 11) is 0. The van der Waals surface area contributed by atoms with Crippen molar-refractivity contribution >= 4 is 51.1 Å². The Balaban J connectivity index is 1.13. The summed E-state index contributed by atoms with van der Waals surface area (Å²) in [5.41, 5.74) is 2.72. The van der Waals surface area contributed by atoms with Crippen LogP contribution in [0.25, 0.3) is 20.8 Å². The zero-order chi connectivity index (χ0) is 24.6. The summed E-state index contributed by atoms with van der Waals surface area (Å²) >= 11 is 1.60. The molecule has 35 heavy (non-hydrogen) atoms. The largest absolute Gasteiger partial charge is 0.454 e. The van der Waals surface area contributed by atoms with Gasteiger partial charge in [0.1, 0.15) is 17.1 Å². The number of imide groups is 1. The molecule has 5 rings (SSSR count). The van der Waals surface area contributed by atoms with Crippen molar-refractivity contribution in [3.63, 3.8) is 0 Å². The van der Waals surface area contributed by atoms with Crippen molar-refractivity contribution < 1.29 is 23.9 Å². The summed E-state index contributed by atoms with van der Waals surface area (Å²) in [5.74, 6) is -1.74. The number of thiazole rings is 1. The molecule has 2 aliphatic rings. The second-order valence-electron chi connectivity index (χ2n) is 8.89. The van der Waals surface area contributed by atoms with Gasteiger partial charge in [-0.2, -0.15) is 0 Å². The molecule has 1 aromatic heterocycles. The number of rotatable bonds is 6. The standard InChI is InChI=1S/C25H24N4O5S/c1-15-4-9-18-19(12-15)35-22(27-18)16-5-7-17(8-6-16)26-20(30)14-34-21(31)13-29-23(32)25(28-24(29)33)10-2-3-11-25/h4-9,12H,2-3,10-11,13-14H2,1H3,(H,26,30)(H,28,33). The van der Waals surface area contributed by atoms with Crippen LogP contribution in [0.15, 0.2) is 42.5 Å². The van der Waals surface area contributed by atoms with Crippen LogP contribution in [0.1, 0.15) is 31.2 Å². The first-order valence-electron chi connectivity index (χ1n) is 11.4. The molecule has 180 valence electrons. The number of nitrogens with one attached hydrogen (secondary N) is 2. The monoisotopic (exact) mass is 492 g/mol. The number of hydrogen-bond acceptors (Lipinski definition) is 7. The second kappa shape index (κ2) is 9.10. The maximum absolute atomic E-state index is 12.6. The molecule has 1 saturated heterocycles. The first-order chi connectivity index (χ1) is 16.8. The first kappa shape index (κ1) is 23.0. The molecule has 10 heteroatoms. The van der Waals surface area contributed by atoms with Crippen molar-refractivity contribution in [3.8, 4) is 10.6 Å². The van der Waals surface area contributed by atoms with E-state index >= 15 is 0 Å². The van der Waals surface area contributed by atoms with Gasteiger partial charge in [-0.1, -0.05) is 18.9 Å². The molecule has 0 atom stereocenters. The Labute approximate surface area is 205 Å². The number of benzene rings is 2.